The Morgan fingerprint density at radius 1 is 1.05 bits per heavy atom. The van der Waals surface area contributed by atoms with Crippen LogP contribution in [0.1, 0.15) is 31.4 Å². The fraction of sp³-hybridized carbons (Fsp3) is 0.500. The van der Waals surface area contributed by atoms with Gasteiger partial charge < -0.3 is 5.32 Å². The van der Waals surface area contributed by atoms with Crippen LogP contribution in [0.5, 0.6) is 0 Å². The van der Waals surface area contributed by atoms with Crippen molar-refractivity contribution in [2.75, 3.05) is 0 Å². The minimum absolute atomic E-state index is 0.730. The third-order valence-corrected chi connectivity index (χ3v) is 4.28. The van der Waals surface area contributed by atoms with Gasteiger partial charge in [-0.05, 0) is 49.7 Å². The zero-order chi connectivity index (χ0) is 12.7. The molecule has 3 heteroatoms. The number of hydrogen-bond acceptors (Lipinski definition) is 3. The molecule has 0 aliphatic heterocycles. The lowest BCUT2D eigenvalue weighted by atomic mass is 10.1. The highest BCUT2D eigenvalue weighted by molar-refractivity contribution is 5.73. The van der Waals surface area contributed by atoms with Gasteiger partial charge in [0.2, 0.25) is 0 Å². The van der Waals surface area contributed by atoms with Gasteiger partial charge in [0.1, 0.15) is 0 Å². The highest BCUT2D eigenvalue weighted by Gasteiger charge is 2.40. The van der Waals surface area contributed by atoms with E-state index in [1.54, 1.807) is 0 Å². The van der Waals surface area contributed by atoms with Crippen LogP contribution in [0.15, 0.2) is 30.5 Å². The molecule has 1 aromatic carbocycles. The van der Waals surface area contributed by atoms with Crippen molar-refractivity contribution in [3.8, 4) is 0 Å². The Bertz CT molecular complexity index is 575. The van der Waals surface area contributed by atoms with E-state index in [0.717, 1.165) is 41.1 Å². The van der Waals surface area contributed by atoms with E-state index in [1.807, 2.05) is 30.5 Å². The molecule has 1 aromatic heterocycles. The largest absolute Gasteiger partial charge is 0.308 e. The van der Waals surface area contributed by atoms with Crippen molar-refractivity contribution in [2.24, 2.45) is 11.8 Å². The van der Waals surface area contributed by atoms with E-state index in [4.69, 9.17) is 0 Å². The lowest BCUT2D eigenvalue weighted by Crippen LogP contribution is -2.32. The Labute approximate surface area is 113 Å². The second-order valence-electron chi connectivity index (χ2n) is 5.93. The molecule has 1 heterocycles. The first-order valence-corrected chi connectivity index (χ1v) is 7.34. The topological polar surface area (TPSA) is 37.8 Å². The number of benzene rings is 1. The van der Waals surface area contributed by atoms with Gasteiger partial charge in [0.25, 0.3) is 0 Å². The van der Waals surface area contributed by atoms with Crippen LogP contribution in [0.4, 0.5) is 0 Å². The van der Waals surface area contributed by atoms with Crippen molar-refractivity contribution >= 4 is 11.0 Å². The van der Waals surface area contributed by atoms with Crippen LogP contribution in [-0.4, -0.2) is 16.0 Å². The first kappa shape index (κ1) is 11.4. The van der Waals surface area contributed by atoms with E-state index >= 15 is 0 Å². The molecule has 2 fully saturated rings. The molecular formula is C16H19N3. The molecule has 0 spiro atoms. The number of rotatable bonds is 5. The predicted octanol–water partition coefficient (Wildman–Crippen LogP) is 2.91. The Balaban J connectivity index is 1.48. The highest BCUT2D eigenvalue weighted by atomic mass is 15.0. The Kier molecular flexibility index (Phi) is 2.73. The summed E-state index contributed by atoms with van der Waals surface area (Å²) >= 11 is 0. The number of para-hydroxylation sites is 2. The number of fused-ring (bicyclic) bond motifs is 1. The van der Waals surface area contributed by atoms with Crippen molar-refractivity contribution in [1.82, 2.24) is 15.3 Å². The molecule has 2 aromatic rings. The molecule has 2 aliphatic carbocycles. The number of aromatic nitrogens is 2. The van der Waals surface area contributed by atoms with Gasteiger partial charge in [-0.1, -0.05) is 12.1 Å². The van der Waals surface area contributed by atoms with Crippen LogP contribution < -0.4 is 5.32 Å². The maximum absolute atomic E-state index is 4.68. The van der Waals surface area contributed by atoms with E-state index in [1.165, 1.54) is 25.7 Å². The third kappa shape index (κ3) is 2.47. The minimum Gasteiger partial charge on any atom is -0.308 e. The molecule has 4 rings (SSSR count). The van der Waals surface area contributed by atoms with Crippen molar-refractivity contribution in [3.63, 3.8) is 0 Å². The zero-order valence-corrected chi connectivity index (χ0v) is 11.0. The second kappa shape index (κ2) is 4.57. The molecule has 1 N–H and O–H groups in total. The van der Waals surface area contributed by atoms with E-state index in [-0.39, 0.29) is 0 Å². The van der Waals surface area contributed by atoms with Gasteiger partial charge >= 0.3 is 0 Å². The molecule has 98 valence electrons. The normalized spacial score (nSPS) is 19.2. The Hall–Kier alpha value is -1.48. The van der Waals surface area contributed by atoms with E-state index in [0.29, 0.717) is 0 Å². The van der Waals surface area contributed by atoms with Crippen LogP contribution in [0.25, 0.3) is 11.0 Å². The van der Waals surface area contributed by atoms with Crippen LogP contribution in [-0.2, 0) is 6.54 Å². The number of nitrogens with one attached hydrogen (secondary N) is 1. The van der Waals surface area contributed by atoms with Gasteiger partial charge in [-0.25, -0.2) is 4.98 Å². The summed E-state index contributed by atoms with van der Waals surface area (Å²) in [7, 11) is 0. The first-order valence-electron chi connectivity index (χ1n) is 7.34. The van der Waals surface area contributed by atoms with Gasteiger partial charge in [-0.2, -0.15) is 0 Å². The van der Waals surface area contributed by atoms with E-state index in [2.05, 4.69) is 15.3 Å². The summed E-state index contributed by atoms with van der Waals surface area (Å²) in [6.45, 7) is 0.857. The van der Waals surface area contributed by atoms with E-state index < -0.39 is 0 Å². The molecule has 19 heavy (non-hydrogen) atoms. The average Bonchev–Trinajstić information content (AvgIpc) is 3.32. The monoisotopic (exact) mass is 253 g/mol. The summed E-state index contributed by atoms with van der Waals surface area (Å²) in [5.74, 6) is 1.86. The smallest absolute Gasteiger partial charge is 0.0890 e. The maximum Gasteiger partial charge on any atom is 0.0890 e. The molecule has 0 amide bonds. The second-order valence-corrected chi connectivity index (χ2v) is 5.93. The Morgan fingerprint density at radius 2 is 1.74 bits per heavy atom. The van der Waals surface area contributed by atoms with Crippen molar-refractivity contribution in [1.29, 1.82) is 0 Å². The molecule has 2 aliphatic rings. The summed E-state index contributed by atoms with van der Waals surface area (Å²) in [6, 6.07) is 8.80. The Morgan fingerprint density at radius 3 is 2.42 bits per heavy atom. The summed E-state index contributed by atoms with van der Waals surface area (Å²) in [6.07, 6.45) is 7.57. The van der Waals surface area contributed by atoms with Gasteiger partial charge in [-0.3, -0.25) is 4.98 Å². The fourth-order valence-corrected chi connectivity index (χ4v) is 2.93. The first-order chi connectivity index (χ1) is 9.40. The number of hydrogen-bond donors (Lipinski definition) is 1. The van der Waals surface area contributed by atoms with Crippen LogP contribution in [0, 0.1) is 11.8 Å². The van der Waals surface area contributed by atoms with Crippen LogP contribution in [0.3, 0.4) is 0 Å². The number of nitrogens with zero attached hydrogens (tertiary/aromatic N) is 2. The van der Waals surface area contributed by atoms with E-state index in [9.17, 15) is 0 Å². The SMILES string of the molecule is c1ccc2nc(CNC(C3CC3)C3CC3)cnc2c1. The van der Waals surface area contributed by atoms with Gasteiger partial charge in [0.15, 0.2) is 0 Å². The van der Waals surface area contributed by atoms with Crippen molar-refractivity contribution in [3.05, 3.63) is 36.2 Å². The molecule has 0 bridgehead atoms. The molecule has 3 nitrogen and oxygen atoms in total. The van der Waals surface area contributed by atoms with Gasteiger partial charge in [0, 0.05) is 12.6 Å². The molecule has 2 saturated carbocycles. The average molecular weight is 253 g/mol. The summed E-state index contributed by atoms with van der Waals surface area (Å²) < 4.78 is 0. The quantitative estimate of drug-likeness (QED) is 0.890. The standard InChI is InChI=1S/C16H19N3/c1-2-4-15-14(3-1)17-9-13(19-15)10-18-16(11-5-6-11)12-7-8-12/h1-4,9,11-12,16,18H,5-8,10H2. The van der Waals surface area contributed by atoms with Gasteiger partial charge in [0.05, 0.1) is 22.9 Å². The minimum atomic E-state index is 0.730. The summed E-state index contributed by atoms with van der Waals surface area (Å²) in [5.41, 5.74) is 3.04. The molecule has 0 atom stereocenters. The van der Waals surface area contributed by atoms with Crippen LogP contribution >= 0.6 is 0 Å². The summed E-state index contributed by atoms with van der Waals surface area (Å²) in [4.78, 5) is 9.16. The van der Waals surface area contributed by atoms with Crippen molar-refractivity contribution < 1.29 is 0 Å². The summed E-state index contributed by atoms with van der Waals surface area (Å²) in [5, 5.41) is 3.72. The molecule has 0 radical (unpaired) electrons. The third-order valence-electron chi connectivity index (χ3n) is 4.28. The lowest BCUT2D eigenvalue weighted by molar-refractivity contribution is 0.413. The maximum atomic E-state index is 4.68. The molecule has 0 saturated heterocycles. The molecular weight excluding hydrogens is 234 g/mol. The predicted molar refractivity (Wildman–Crippen MR) is 75.6 cm³/mol. The highest BCUT2D eigenvalue weighted by Crippen LogP contribution is 2.44. The molecule has 0 unspecified atom stereocenters. The zero-order valence-electron chi connectivity index (χ0n) is 11.0. The fourth-order valence-electron chi connectivity index (χ4n) is 2.93. The van der Waals surface area contributed by atoms with Crippen molar-refractivity contribution in [2.45, 2.75) is 38.3 Å². The van der Waals surface area contributed by atoms with Gasteiger partial charge in [-0.15, -0.1) is 0 Å². The lowest BCUT2D eigenvalue weighted by Gasteiger charge is -2.17. The van der Waals surface area contributed by atoms with Crippen LogP contribution in [0.2, 0.25) is 0 Å².